The number of aliphatic hydroxyl groups excluding tert-OH is 1. The second kappa shape index (κ2) is 8.38. The standard InChI is InChI=1S/C25H21NO3S/c27-25-21-14-19(28-15-18-11-10-17-6-4-5-9-22(17)26-18)12-13-23(21)29-16-24(25)30-20-7-2-1-3-8-20/h1-14,24-25,27H,15-16H2. The lowest BCUT2D eigenvalue weighted by Crippen LogP contribution is -2.28. The van der Waals surface area contributed by atoms with E-state index in [0.29, 0.717) is 24.7 Å². The van der Waals surface area contributed by atoms with Crippen LogP contribution in [0.4, 0.5) is 0 Å². The van der Waals surface area contributed by atoms with Crippen molar-refractivity contribution in [2.45, 2.75) is 22.9 Å². The summed E-state index contributed by atoms with van der Waals surface area (Å²) in [7, 11) is 0. The Morgan fingerprint density at radius 1 is 0.967 bits per heavy atom. The van der Waals surface area contributed by atoms with Crippen molar-refractivity contribution in [1.29, 1.82) is 0 Å². The zero-order chi connectivity index (χ0) is 20.3. The first-order valence-corrected chi connectivity index (χ1v) is 10.8. The molecule has 0 aliphatic carbocycles. The number of aromatic nitrogens is 1. The molecule has 0 radical (unpaired) electrons. The molecule has 150 valence electrons. The number of pyridine rings is 1. The van der Waals surface area contributed by atoms with Crippen LogP contribution >= 0.6 is 11.8 Å². The molecule has 0 bridgehead atoms. The van der Waals surface area contributed by atoms with E-state index in [1.54, 1.807) is 11.8 Å². The molecule has 0 saturated heterocycles. The van der Waals surface area contributed by atoms with Crippen LogP contribution in [0.5, 0.6) is 11.5 Å². The molecule has 1 N–H and O–H groups in total. The first-order chi connectivity index (χ1) is 14.8. The number of rotatable bonds is 5. The van der Waals surface area contributed by atoms with E-state index in [9.17, 15) is 5.11 Å². The summed E-state index contributed by atoms with van der Waals surface area (Å²) in [4.78, 5) is 5.76. The second-order valence-corrected chi connectivity index (χ2v) is 8.52. The molecule has 0 spiro atoms. The minimum absolute atomic E-state index is 0.0719. The van der Waals surface area contributed by atoms with Crippen LogP contribution in [-0.4, -0.2) is 21.9 Å². The Kier molecular flexibility index (Phi) is 5.30. The quantitative estimate of drug-likeness (QED) is 0.473. The predicted molar refractivity (Wildman–Crippen MR) is 119 cm³/mol. The largest absolute Gasteiger partial charge is 0.492 e. The van der Waals surface area contributed by atoms with Crippen LogP contribution in [0.15, 0.2) is 89.8 Å². The fourth-order valence-corrected chi connectivity index (χ4v) is 4.64. The van der Waals surface area contributed by atoms with Crippen LogP contribution in [0.3, 0.4) is 0 Å². The average Bonchev–Trinajstić information content (AvgIpc) is 2.80. The molecule has 1 aromatic heterocycles. The van der Waals surface area contributed by atoms with E-state index in [4.69, 9.17) is 9.47 Å². The Hall–Kier alpha value is -3.02. The number of fused-ring (bicyclic) bond motifs is 2. The highest BCUT2D eigenvalue weighted by atomic mass is 32.2. The van der Waals surface area contributed by atoms with E-state index in [2.05, 4.69) is 11.1 Å². The van der Waals surface area contributed by atoms with Crippen molar-refractivity contribution in [3.63, 3.8) is 0 Å². The zero-order valence-corrected chi connectivity index (χ0v) is 17.1. The number of ether oxygens (including phenoxy) is 2. The predicted octanol–water partition coefficient (Wildman–Crippen LogP) is 5.40. The summed E-state index contributed by atoms with van der Waals surface area (Å²) in [5, 5.41) is 12.0. The molecule has 2 unspecified atom stereocenters. The Morgan fingerprint density at radius 3 is 2.70 bits per heavy atom. The van der Waals surface area contributed by atoms with Crippen LogP contribution in [0.25, 0.3) is 10.9 Å². The first-order valence-electron chi connectivity index (χ1n) is 9.90. The van der Waals surface area contributed by atoms with Gasteiger partial charge < -0.3 is 14.6 Å². The smallest absolute Gasteiger partial charge is 0.130 e. The maximum Gasteiger partial charge on any atom is 0.130 e. The topological polar surface area (TPSA) is 51.6 Å². The Morgan fingerprint density at radius 2 is 1.80 bits per heavy atom. The van der Waals surface area contributed by atoms with Crippen molar-refractivity contribution < 1.29 is 14.6 Å². The van der Waals surface area contributed by atoms with Gasteiger partial charge in [-0.1, -0.05) is 42.5 Å². The van der Waals surface area contributed by atoms with Gasteiger partial charge in [0, 0.05) is 15.8 Å². The third-order valence-corrected chi connectivity index (χ3v) is 6.37. The Labute approximate surface area is 179 Å². The van der Waals surface area contributed by atoms with Crippen molar-refractivity contribution in [2.24, 2.45) is 0 Å². The van der Waals surface area contributed by atoms with Gasteiger partial charge in [0.1, 0.15) is 24.7 Å². The van der Waals surface area contributed by atoms with Gasteiger partial charge >= 0.3 is 0 Å². The molecular weight excluding hydrogens is 394 g/mol. The molecule has 2 heterocycles. The van der Waals surface area contributed by atoms with Gasteiger partial charge in [0.05, 0.1) is 22.6 Å². The van der Waals surface area contributed by atoms with Crippen LogP contribution in [-0.2, 0) is 6.61 Å². The van der Waals surface area contributed by atoms with E-state index in [1.807, 2.05) is 78.9 Å². The van der Waals surface area contributed by atoms with Crippen molar-refractivity contribution in [1.82, 2.24) is 4.98 Å². The molecule has 4 nitrogen and oxygen atoms in total. The molecule has 0 saturated carbocycles. The maximum atomic E-state index is 10.9. The Bertz CT molecular complexity index is 1170. The van der Waals surface area contributed by atoms with Gasteiger partial charge in [0.25, 0.3) is 0 Å². The molecule has 30 heavy (non-hydrogen) atoms. The summed E-state index contributed by atoms with van der Waals surface area (Å²) in [6.07, 6.45) is -0.624. The fourth-order valence-electron chi connectivity index (χ4n) is 3.56. The maximum absolute atomic E-state index is 10.9. The highest BCUT2D eigenvalue weighted by Gasteiger charge is 2.30. The SMILES string of the molecule is OC1c2cc(OCc3ccc4ccccc4n3)ccc2OCC1Sc1ccccc1. The van der Waals surface area contributed by atoms with Crippen molar-refractivity contribution in [2.75, 3.05) is 6.61 Å². The van der Waals surface area contributed by atoms with Gasteiger partial charge in [0.2, 0.25) is 0 Å². The molecule has 0 fully saturated rings. The monoisotopic (exact) mass is 415 g/mol. The van der Waals surface area contributed by atoms with Crippen molar-refractivity contribution in [3.05, 3.63) is 96.2 Å². The van der Waals surface area contributed by atoms with Crippen LogP contribution < -0.4 is 9.47 Å². The van der Waals surface area contributed by atoms with E-state index >= 15 is 0 Å². The van der Waals surface area contributed by atoms with E-state index in [0.717, 1.165) is 27.1 Å². The number of hydrogen-bond donors (Lipinski definition) is 1. The van der Waals surface area contributed by atoms with Gasteiger partial charge in [-0.3, -0.25) is 0 Å². The molecule has 1 aliphatic rings. The zero-order valence-electron chi connectivity index (χ0n) is 16.3. The lowest BCUT2D eigenvalue weighted by molar-refractivity contribution is 0.122. The summed E-state index contributed by atoms with van der Waals surface area (Å²) in [6.45, 7) is 0.831. The van der Waals surface area contributed by atoms with Gasteiger partial charge in [-0.15, -0.1) is 11.8 Å². The third-order valence-electron chi connectivity index (χ3n) is 5.13. The number of aliphatic hydroxyl groups is 1. The van der Waals surface area contributed by atoms with Crippen LogP contribution in [0.1, 0.15) is 17.4 Å². The summed E-state index contributed by atoms with van der Waals surface area (Å²) < 4.78 is 11.9. The van der Waals surface area contributed by atoms with E-state index in [1.165, 1.54) is 0 Å². The van der Waals surface area contributed by atoms with Crippen LogP contribution in [0.2, 0.25) is 0 Å². The normalized spacial score (nSPS) is 17.9. The molecule has 4 aromatic rings. The molecular formula is C25H21NO3S. The number of benzene rings is 3. The molecule has 5 heteroatoms. The number of para-hydroxylation sites is 1. The number of thioether (sulfide) groups is 1. The highest BCUT2D eigenvalue weighted by Crippen LogP contribution is 2.41. The Balaban J connectivity index is 1.30. The summed E-state index contributed by atoms with van der Waals surface area (Å²) in [5.74, 6) is 1.40. The van der Waals surface area contributed by atoms with E-state index in [-0.39, 0.29) is 5.25 Å². The minimum Gasteiger partial charge on any atom is -0.492 e. The summed E-state index contributed by atoms with van der Waals surface area (Å²) in [5.41, 5.74) is 2.58. The molecule has 2 atom stereocenters. The fraction of sp³-hybridized carbons (Fsp3) is 0.160. The van der Waals surface area contributed by atoms with Gasteiger partial charge in [-0.2, -0.15) is 0 Å². The first kappa shape index (κ1) is 19.0. The second-order valence-electron chi connectivity index (χ2n) is 7.21. The number of hydrogen-bond acceptors (Lipinski definition) is 5. The minimum atomic E-state index is -0.624. The highest BCUT2D eigenvalue weighted by molar-refractivity contribution is 8.00. The molecule has 3 aromatic carbocycles. The summed E-state index contributed by atoms with van der Waals surface area (Å²) >= 11 is 1.63. The average molecular weight is 416 g/mol. The van der Waals surface area contributed by atoms with Crippen LogP contribution in [0, 0.1) is 0 Å². The molecule has 1 aliphatic heterocycles. The molecule has 5 rings (SSSR count). The molecule has 0 amide bonds. The summed E-state index contributed by atoms with van der Waals surface area (Å²) in [6, 6.07) is 27.7. The third kappa shape index (κ3) is 3.99. The van der Waals surface area contributed by atoms with Gasteiger partial charge in [-0.05, 0) is 42.5 Å². The van der Waals surface area contributed by atoms with Crippen molar-refractivity contribution >= 4 is 22.7 Å². The lowest BCUT2D eigenvalue weighted by Gasteiger charge is -2.30. The van der Waals surface area contributed by atoms with Gasteiger partial charge in [-0.25, -0.2) is 4.98 Å². The number of nitrogens with zero attached hydrogens (tertiary/aromatic N) is 1. The lowest BCUT2D eigenvalue weighted by atomic mass is 10.0. The van der Waals surface area contributed by atoms with Gasteiger partial charge in [0.15, 0.2) is 0 Å². The van der Waals surface area contributed by atoms with Crippen molar-refractivity contribution in [3.8, 4) is 11.5 Å². The van der Waals surface area contributed by atoms with E-state index < -0.39 is 6.10 Å².